The lowest BCUT2D eigenvalue weighted by molar-refractivity contribution is 0.0981. The van der Waals surface area contributed by atoms with Crippen LogP contribution in [0.25, 0.3) is 10.4 Å². The molecule has 2 amide bonds. The largest absolute Gasteiger partial charge is 0.379 e. The van der Waals surface area contributed by atoms with Crippen LogP contribution in [-0.4, -0.2) is 42.6 Å². The van der Waals surface area contributed by atoms with E-state index < -0.39 is 5.82 Å². The van der Waals surface area contributed by atoms with Crippen molar-refractivity contribution in [3.63, 3.8) is 0 Å². The molecule has 0 aliphatic carbocycles. The number of benzene rings is 2. The number of hydrogen-bond donors (Lipinski definition) is 2. The minimum atomic E-state index is -0.467. The molecule has 1 saturated heterocycles. The van der Waals surface area contributed by atoms with Gasteiger partial charge in [0.05, 0.1) is 28.9 Å². The van der Waals surface area contributed by atoms with Crippen molar-refractivity contribution in [1.29, 1.82) is 0 Å². The number of ether oxygens (including phenoxy) is 1. The van der Waals surface area contributed by atoms with Gasteiger partial charge in [-0.05, 0) is 61.2 Å². The Labute approximate surface area is 229 Å². The molecule has 2 N–H and O–H groups in total. The molecule has 2 aliphatic rings. The molecule has 1 atom stereocenters. The van der Waals surface area contributed by atoms with Gasteiger partial charge in [0.2, 0.25) is 0 Å². The van der Waals surface area contributed by atoms with Gasteiger partial charge in [-0.1, -0.05) is 36.4 Å². The predicted molar refractivity (Wildman–Crippen MR) is 151 cm³/mol. The molecule has 39 heavy (non-hydrogen) atoms. The topological polar surface area (TPSA) is 83.6 Å². The van der Waals surface area contributed by atoms with E-state index in [0.29, 0.717) is 41.5 Å². The Morgan fingerprint density at radius 2 is 1.95 bits per heavy atom. The van der Waals surface area contributed by atoms with Gasteiger partial charge >= 0.3 is 0 Å². The molecule has 198 valence electrons. The van der Waals surface area contributed by atoms with E-state index in [2.05, 4.69) is 15.6 Å². The zero-order chi connectivity index (χ0) is 26.9. The van der Waals surface area contributed by atoms with Crippen molar-refractivity contribution in [2.75, 3.05) is 35.3 Å². The van der Waals surface area contributed by atoms with Gasteiger partial charge < -0.3 is 20.3 Å². The highest BCUT2D eigenvalue weighted by Gasteiger charge is 2.28. The number of nitrogens with one attached hydrogen (secondary N) is 2. The fourth-order valence-electron chi connectivity index (χ4n) is 5.01. The van der Waals surface area contributed by atoms with Crippen LogP contribution in [0.5, 0.6) is 0 Å². The quantitative estimate of drug-likeness (QED) is 0.327. The van der Waals surface area contributed by atoms with Crippen LogP contribution >= 0.6 is 11.3 Å². The number of aromatic nitrogens is 1. The first-order valence-corrected chi connectivity index (χ1v) is 13.7. The van der Waals surface area contributed by atoms with Crippen molar-refractivity contribution in [3.8, 4) is 10.4 Å². The van der Waals surface area contributed by atoms with Crippen molar-refractivity contribution in [2.24, 2.45) is 0 Å². The number of anilines is 3. The zero-order valence-corrected chi connectivity index (χ0v) is 22.2. The lowest BCUT2D eigenvalue weighted by Crippen LogP contribution is -2.33. The van der Waals surface area contributed by atoms with Gasteiger partial charge in [0.25, 0.3) is 11.8 Å². The van der Waals surface area contributed by atoms with E-state index in [1.807, 2.05) is 42.5 Å². The Morgan fingerprint density at radius 1 is 1.10 bits per heavy atom. The molecular formula is C30H27FN4O3S. The highest BCUT2D eigenvalue weighted by Crippen LogP contribution is 2.42. The second-order valence-corrected chi connectivity index (χ2v) is 10.7. The first kappa shape index (κ1) is 25.2. The van der Waals surface area contributed by atoms with Gasteiger partial charge in [-0.15, -0.1) is 11.3 Å². The zero-order valence-electron chi connectivity index (χ0n) is 21.4. The lowest BCUT2D eigenvalue weighted by atomic mass is 10.1. The molecule has 6 rings (SSSR count). The number of aryl methyl sites for hydroxylation is 1. The minimum absolute atomic E-state index is 0.183. The van der Waals surface area contributed by atoms with Crippen molar-refractivity contribution < 1.29 is 18.7 Å². The maximum atomic E-state index is 14.3. The van der Waals surface area contributed by atoms with E-state index in [0.717, 1.165) is 34.7 Å². The van der Waals surface area contributed by atoms with Gasteiger partial charge in [0.15, 0.2) is 0 Å². The number of rotatable bonds is 5. The number of hydrogen-bond acceptors (Lipinski definition) is 6. The lowest BCUT2D eigenvalue weighted by Gasteiger charge is -2.23. The molecule has 4 heterocycles. The number of fused-ring (bicyclic) bond motifs is 3. The highest BCUT2D eigenvalue weighted by atomic mass is 32.1. The molecule has 2 aromatic heterocycles. The SMILES string of the molecule is Cc1cccc(F)c1NC(=O)c1cc2c(s1)-c1ccccc1N(C(=O)c1cccc(N[C@H]3CCOC3)n1)CC2. The Kier molecular flexibility index (Phi) is 6.85. The van der Waals surface area contributed by atoms with Crippen molar-refractivity contribution in [3.05, 3.63) is 94.2 Å². The maximum Gasteiger partial charge on any atom is 0.276 e. The smallest absolute Gasteiger partial charge is 0.276 e. The van der Waals surface area contributed by atoms with Crippen LogP contribution in [0.3, 0.4) is 0 Å². The van der Waals surface area contributed by atoms with Gasteiger partial charge in [0, 0.05) is 23.6 Å². The molecule has 1 fully saturated rings. The number of amides is 2. The first-order valence-electron chi connectivity index (χ1n) is 12.9. The Balaban J connectivity index is 1.28. The van der Waals surface area contributed by atoms with E-state index in [1.165, 1.54) is 17.4 Å². The number of carbonyl (C=O) groups is 2. The third-order valence-corrected chi connectivity index (χ3v) is 8.24. The highest BCUT2D eigenvalue weighted by molar-refractivity contribution is 7.17. The van der Waals surface area contributed by atoms with E-state index in [-0.39, 0.29) is 23.5 Å². The van der Waals surface area contributed by atoms with Crippen molar-refractivity contribution >= 4 is 40.3 Å². The fraction of sp³-hybridized carbons (Fsp3) is 0.233. The number of thiophene rings is 1. The van der Waals surface area contributed by atoms with E-state index in [9.17, 15) is 14.0 Å². The minimum Gasteiger partial charge on any atom is -0.379 e. The van der Waals surface area contributed by atoms with Gasteiger partial charge in [-0.2, -0.15) is 0 Å². The number of pyridine rings is 1. The van der Waals surface area contributed by atoms with E-state index in [4.69, 9.17) is 4.74 Å². The Hall–Kier alpha value is -4.08. The average molecular weight is 543 g/mol. The van der Waals surface area contributed by atoms with Crippen molar-refractivity contribution in [1.82, 2.24) is 4.98 Å². The maximum absolute atomic E-state index is 14.3. The fourth-order valence-corrected chi connectivity index (χ4v) is 6.15. The van der Waals surface area contributed by atoms with Crippen LogP contribution in [0, 0.1) is 12.7 Å². The summed E-state index contributed by atoms with van der Waals surface area (Å²) in [7, 11) is 0. The summed E-state index contributed by atoms with van der Waals surface area (Å²) in [6.45, 7) is 3.54. The molecule has 4 aromatic rings. The molecule has 9 heteroatoms. The molecule has 0 spiro atoms. The standard InChI is InChI=1S/C30H27FN4O3S/c1-18-6-4-8-22(31)27(18)34-29(36)25-16-19-12-14-35(24-10-3-2-7-21(24)28(19)39-25)30(37)23-9-5-11-26(33-23)32-20-13-15-38-17-20/h2-11,16,20H,12-15,17H2,1H3,(H,32,33)(H,34,36)/t20-/m0/s1. The van der Waals surface area contributed by atoms with E-state index in [1.54, 1.807) is 30.0 Å². The van der Waals surface area contributed by atoms with E-state index >= 15 is 0 Å². The summed E-state index contributed by atoms with van der Waals surface area (Å²) in [4.78, 5) is 34.6. The Bertz CT molecular complexity index is 1540. The molecule has 0 unspecified atom stereocenters. The summed E-state index contributed by atoms with van der Waals surface area (Å²) in [5, 5.41) is 6.09. The van der Waals surface area contributed by atoms with Crippen LogP contribution in [0.1, 0.15) is 37.7 Å². The average Bonchev–Trinajstić information content (AvgIpc) is 3.59. The number of halogens is 1. The van der Waals surface area contributed by atoms with Crippen molar-refractivity contribution in [2.45, 2.75) is 25.8 Å². The summed E-state index contributed by atoms with van der Waals surface area (Å²) >= 11 is 1.35. The molecule has 0 bridgehead atoms. The summed E-state index contributed by atoms with van der Waals surface area (Å²) in [5.74, 6) is -0.352. The second-order valence-electron chi connectivity index (χ2n) is 9.69. The molecule has 7 nitrogen and oxygen atoms in total. The van der Waals surface area contributed by atoms with Crippen LogP contribution in [0.15, 0.2) is 66.7 Å². The summed E-state index contributed by atoms with van der Waals surface area (Å²) in [6, 6.07) is 19.9. The second kappa shape index (κ2) is 10.6. The molecule has 0 radical (unpaired) electrons. The molecular weight excluding hydrogens is 515 g/mol. The monoisotopic (exact) mass is 542 g/mol. The van der Waals surface area contributed by atoms with Crippen LogP contribution in [-0.2, 0) is 11.2 Å². The number of carbonyl (C=O) groups excluding carboxylic acids is 2. The third kappa shape index (κ3) is 5.03. The third-order valence-electron chi connectivity index (χ3n) is 7.03. The van der Waals surface area contributed by atoms with Gasteiger partial charge in [-0.3, -0.25) is 9.59 Å². The molecule has 0 saturated carbocycles. The molecule has 2 aliphatic heterocycles. The van der Waals surface area contributed by atoms with Crippen LogP contribution in [0.2, 0.25) is 0 Å². The number of para-hydroxylation sites is 2. The van der Waals surface area contributed by atoms with Gasteiger partial charge in [0.1, 0.15) is 17.3 Å². The summed E-state index contributed by atoms with van der Waals surface area (Å²) in [6.07, 6.45) is 1.47. The summed E-state index contributed by atoms with van der Waals surface area (Å²) in [5.41, 5.74) is 3.83. The van der Waals surface area contributed by atoms with Crippen LogP contribution in [0.4, 0.5) is 21.6 Å². The first-order chi connectivity index (χ1) is 19.0. The molecule has 2 aromatic carbocycles. The van der Waals surface area contributed by atoms with Crippen LogP contribution < -0.4 is 15.5 Å². The Morgan fingerprint density at radius 3 is 2.77 bits per heavy atom. The normalized spacial score (nSPS) is 16.3. The number of nitrogens with zero attached hydrogens (tertiary/aromatic N) is 2. The van der Waals surface area contributed by atoms with Gasteiger partial charge in [-0.25, -0.2) is 9.37 Å². The summed E-state index contributed by atoms with van der Waals surface area (Å²) < 4.78 is 19.8. The predicted octanol–water partition coefficient (Wildman–Crippen LogP) is 5.91.